The Labute approximate surface area is 115 Å². The molecule has 1 aromatic rings. The maximum absolute atomic E-state index is 12.1. The monoisotopic (exact) mass is 342 g/mol. The second kappa shape index (κ2) is 6.47. The first-order chi connectivity index (χ1) is 8.35. The van der Waals surface area contributed by atoms with Gasteiger partial charge >= 0.3 is 6.36 Å². The molecule has 0 aromatic heterocycles. The number of ether oxygens (including phenoxy) is 1. The van der Waals surface area contributed by atoms with E-state index in [-0.39, 0.29) is 23.5 Å². The number of benzene rings is 1. The molecule has 0 saturated carbocycles. The number of rotatable bonds is 5. The van der Waals surface area contributed by atoms with Crippen LogP contribution in [0.3, 0.4) is 0 Å². The highest BCUT2D eigenvalue weighted by molar-refractivity contribution is 9.09. The van der Waals surface area contributed by atoms with E-state index in [0.717, 1.165) is 6.07 Å². The van der Waals surface area contributed by atoms with Gasteiger partial charge in [-0.25, -0.2) is 0 Å². The number of hydrogen-bond donors (Lipinski definition) is 0. The van der Waals surface area contributed by atoms with Crippen LogP contribution in [0.4, 0.5) is 13.2 Å². The zero-order valence-electron chi connectivity index (χ0n) is 9.38. The third-order valence-corrected chi connectivity index (χ3v) is 3.10. The summed E-state index contributed by atoms with van der Waals surface area (Å²) in [6.45, 7) is 0. The van der Waals surface area contributed by atoms with E-state index in [1.165, 1.54) is 17.8 Å². The summed E-state index contributed by atoms with van der Waals surface area (Å²) in [7, 11) is 0. The number of alkyl halides is 4. The Morgan fingerprint density at radius 2 is 2.06 bits per heavy atom. The predicted octanol–water partition coefficient (Wildman–Crippen LogP) is 4.27. The molecule has 2 nitrogen and oxygen atoms in total. The van der Waals surface area contributed by atoms with Gasteiger partial charge in [0.25, 0.3) is 0 Å². The van der Waals surface area contributed by atoms with Crippen LogP contribution in [0.2, 0.25) is 0 Å². The number of halogens is 4. The van der Waals surface area contributed by atoms with Crippen LogP contribution in [0.25, 0.3) is 0 Å². The second-order valence-corrected chi connectivity index (χ2v) is 4.98. The van der Waals surface area contributed by atoms with Gasteiger partial charge < -0.3 is 4.74 Å². The van der Waals surface area contributed by atoms with Gasteiger partial charge in [-0.3, -0.25) is 4.79 Å². The van der Waals surface area contributed by atoms with E-state index in [1.54, 1.807) is 12.3 Å². The number of carbonyl (C=O) groups excluding carboxylic acids is 1. The van der Waals surface area contributed by atoms with Crippen molar-refractivity contribution in [2.24, 2.45) is 0 Å². The van der Waals surface area contributed by atoms with Gasteiger partial charge in [-0.15, -0.1) is 24.9 Å². The van der Waals surface area contributed by atoms with Crippen LogP contribution in [-0.4, -0.2) is 23.7 Å². The van der Waals surface area contributed by atoms with Gasteiger partial charge in [-0.2, -0.15) is 0 Å². The van der Waals surface area contributed by atoms with Crippen molar-refractivity contribution in [1.82, 2.24) is 0 Å². The summed E-state index contributed by atoms with van der Waals surface area (Å²) in [5.74, 6) is -0.595. The van der Waals surface area contributed by atoms with E-state index in [4.69, 9.17) is 0 Å². The smallest absolute Gasteiger partial charge is 0.406 e. The molecule has 18 heavy (non-hydrogen) atoms. The molecule has 0 spiro atoms. The lowest BCUT2D eigenvalue weighted by Crippen LogP contribution is -2.17. The average Bonchev–Trinajstić information content (AvgIpc) is 2.26. The number of Topliss-reactive ketones (excluding diaryl/α,β-unsaturated/α-hetero) is 1. The minimum absolute atomic E-state index is 0.223. The zero-order valence-corrected chi connectivity index (χ0v) is 11.8. The van der Waals surface area contributed by atoms with Crippen LogP contribution >= 0.6 is 27.7 Å². The summed E-state index contributed by atoms with van der Waals surface area (Å²) in [4.78, 5) is 12.2. The van der Waals surface area contributed by atoms with Gasteiger partial charge in [0.15, 0.2) is 5.78 Å². The highest BCUT2D eigenvalue weighted by Crippen LogP contribution is 2.29. The minimum atomic E-state index is -4.76. The Balaban J connectivity index is 3.05. The Kier molecular flexibility index (Phi) is 5.52. The van der Waals surface area contributed by atoms with Crippen molar-refractivity contribution in [2.45, 2.75) is 17.7 Å². The van der Waals surface area contributed by atoms with E-state index in [9.17, 15) is 18.0 Å². The fourth-order valence-corrected chi connectivity index (χ4v) is 2.11. The third-order valence-electron chi connectivity index (χ3n) is 1.99. The molecule has 0 bridgehead atoms. The topological polar surface area (TPSA) is 26.3 Å². The maximum atomic E-state index is 12.1. The summed E-state index contributed by atoms with van der Waals surface area (Å²) in [5, 5.41) is 0.463. The molecule has 1 rings (SSSR count). The molecular formula is C11H10BrF3O2S. The van der Waals surface area contributed by atoms with Crippen LogP contribution < -0.4 is 4.74 Å². The normalized spacial score (nSPS) is 11.4. The fraction of sp³-hybridized carbons (Fsp3) is 0.364. The molecule has 0 aliphatic carbocycles. The van der Waals surface area contributed by atoms with Crippen molar-refractivity contribution in [3.8, 4) is 5.75 Å². The zero-order chi connectivity index (χ0) is 13.8. The van der Waals surface area contributed by atoms with Crippen molar-refractivity contribution >= 4 is 33.5 Å². The molecule has 0 atom stereocenters. The van der Waals surface area contributed by atoms with Gasteiger partial charge in [0.05, 0.1) is 0 Å². The first-order valence-electron chi connectivity index (χ1n) is 4.89. The van der Waals surface area contributed by atoms with Gasteiger partial charge in [-0.1, -0.05) is 15.9 Å². The van der Waals surface area contributed by atoms with Gasteiger partial charge in [0, 0.05) is 22.2 Å². The highest BCUT2D eigenvalue weighted by Gasteiger charge is 2.31. The Bertz CT molecular complexity index is 435. The molecule has 0 saturated heterocycles. The van der Waals surface area contributed by atoms with E-state index < -0.39 is 6.36 Å². The number of carbonyl (C=O) groups is 1. The first kappa shape index (κ1) is 15.4. The van der Waals surface area contributed by atoms with Gasteiger partial charge in [-0.05, 0) is 24.5 Å². The lowest BCUT2D eigenvalue weighted by atomic mass is 10.1. The molecule has 0 N–H and O–H groups in total. The number of hydrogen-bond acceptors (Lipinski definition) is 3. The second-order valence-electron chi connectivity index (χ2n) is 3.31. The van der Waals surface area contributed by atoms with Crippen molar-refractivity contribution < 1.29 is 22.7 Å². The molecule has 0 aliphatic heterocycles. The number of thioether (sulfide) groups is 1. The van der Waals surface area contributed by atoms with Crippen molar-refractivity contribution in [3.63, 3.8) is 0 Å². The average molecular weight is 343 g/mol. The molecular weight excluding hydrogens is 333 g/mol. The molecule has 0 heterocycles. The predicted molar refractivity (Wildman–Crippen MR) is 67.6 cm³/mol. The third kappa shape index (κ3) is 4.89. The maximum Gasteiger partial charge on any atom is 0.573 e. The summed E-state index contributed by atoms with van der Waals surface area (Å²) >= 11 is 4.36. The Morgan fingerprint density at radius 1 is 1.39 bits per heavy atom. The Hall–Kier alpha value is -0.690. The van der Waals surface area contributed by atoms with Crippen molar-refractivity contribution in [3.05, 3.63) is 23.8 Å². The molecule has 1 aromatic carbocycles. The van der Waals surface area contributed by atoms with E-state index in [0.29, 0.717) is 10.2 Å². The number of ketones is 1. The van der Waals surface area contributed by atoms with Crippen molar-refractivity contribution in [1.29, 1.82) is 0 Å². The SMILES string of the molecule is CSc1cc(OC(F)(F)F)cc(C(=O)CCBr)c1. The van der Waals surface area contributed by atoms with Crippen LogP contribution in [0, 0.1) is 0 Å². The van der Waals surface area contributed by atoms with Crippen LogP contribution in [0.1, 0.15) is 16.8 Å². The summed E-state index contributed by atoms with van der Waals surface area (Å²) in [5.41, 5.74) is 0.223. The van der Waals surface area contributed by atoms with E-state index >= 15 is 0 Å². The summed E-state index contributed by atoms with van der Waals surface area (Å²) < 4.78 is 40.2. The Morgan fingerprint density at radius 3 is 2.56 bits per heavy atom. The molecule has 0 amide bonds. The first-order valence-corrected chi connectivity index (χ1v) is 7.24. The quantitative estimate of drug-likeness (QED) is 0.454. The minimum Gasteiger partial charge on any atom is -0.406 e. The van der Waals surface area contributed by atoms with E-state index in [2.05, 4.69) is 20.7 Å². The summed E-state index contributed by atoms with van der Waals surface area (Å²) in [6.07, 6.45) is -2.82. The molecule has 7 heteroatoms. The molecule has 0 aliphatic rings. The van der Waals surface area contributed by atoms with E-state index in [1.807, 2.05) is 0 Å². The molecule has 100 valence electrons. The van der Waals surface area contributed by atoms with Crippen molar-refractivity contribution in [2.75, 3.05) is 11.6 Å². The molecule has 0 radical (unpaired) electrons. The largest absolute Gasteiger partial charge is 0.573 e. The lowest BCUT2D eigenvalue weighted by molar-refractivity contribution is -0.274. The molecule has 0 unspecified atom stereocenters. The van der Waals surface area contributed by atoms with Crippen LogP contribution in [-0.2, 0) is 0 Å². The summed E-state index contributed by atoms with van der Waals surface area (Å²) in [6, 6.07) is 3.92. The lowest BCUT2D eigenvalue weighted by Gasteiger charge is -2.11. The van der Waals surface area contributed by atoms with Gasteiger partial charge in [0.1, 0.15) is 5.75 Å². The van der Waals surface area contributed by atoms with Crippen LogP contribution in [0.5, 0.6) is 5.75 Å². The van der Waals surface area contributed by atoms with Gasteiger partial charge in [0.2, 0.25) is 0 Å². The fourth-order valence-electron chi connectivity index (χ4n) is 1.27. The molecule has 0 fully saturated rings. The highest BCUT2D eigenvalue weighted by atomic mass is 79.9. The van der Waals surface area contributed by atoms with Crippen LogP contribution in [0.15, 0.2) is 23.1 Å². The standard InChI is InChI=1S/C11H10BrF3O2S/c1-18-9-5-7(10(16)2-3-12)4-8(6-9)17-11(13,14)15/h4-6H,2-3H2,1H3.